The summed E-state index contributed by atoms with van der Waals surface area (Å²) < 4.78 is 0. The van der Waals surface area contributed by atoms with Crippen LogP contribution in [-0.2, 0) is 0 Å². The molecule has 1 N–H and O–H groups in total. The molecular formula is C15H21NO. The third kappa shape index (κ3) is 2.32. The van der Waals surface area contributed by atoms with Gasteiger partial charge in [-0.2, -0.15) is 0 Å². The lowest BCUT2D eigenvalue weighted by Crippen LogP contribution is -2.45. The van der Waals surface area contributed by atoms with Crippen molar-refractivity contribution in [2.24, 2.45) is 0 Å². The van der Waals surface area contributed by atoms with Gasteiger partial charge in [0.15, 0.2) is 0 Å². The molecule has 3 rings (SSSR count). The van der Waals surface area contributed by atoms with Crippen molar-refractivity contribution in [2.45, 2.75) is 44.1 Å². The molecule has 17 heavy (non-hydrogen) atoms. The normalized spacial score (nSPS) is 29.9. The molecular weight excluding hydrogens is 210 g/mol. The highest BCUT2D eigenvalue weighted by Crippen LogP contribution is 2.34. The number of fused-ring (bicyclic) bond motifs is 1. The van der Waals surface area contributed by atoms with Gasteiger partial charge >= 0.3 is 0 Å². The fraction of sp³-hybridized carbons (Fsp3) is 0.600. The zero-order valence-electron chi connectivity index (χ0n) is 10.3. The summed E-state index contributed by atoms with van der Waals surface area (Å²) in [4.78, 5) is 2.67. The molecule has 2 aliphatic heterocycles. The Morgan fingerprint density at radius 3 is 2.94 bits per heavy atom. The number of nitrogens with zero attached hydrogens (tertiary/aromatic N) is 1. The predicted octanol–water partition coefficient (Wildman–Crippen LogP) is 3.12. The number of piperidine rings is 2. The van der Waals surface area contributed by atoms with Crippen molar-refractivity contribution in [3.05, 3.63) is 29.8 Å². The lowest BCUT2D eigenvalue weighted by atomic mass is 9.84. The van der Waals surface area contributed by atoms with Gasteiger partial charge in [0.2, 0.25) is 0 Å². The van der Waals surface area contributed by atoms with Gasteiger partial charge in [0.25, 0.3) is 0 Å². The van der Waals surface area contributed by atoms with Crippen molar-refractivity contribution >= 4 is 0 Å². The number of benzene rings is 1. The van der Waals surface area contributed by atoms with Crippen molar-refractivity contribution in [2.75, 3.05) is 13.1 Å². The van der Waals surface area contributed by atoms with Gasteiger partial charge in [-0.05, 0) is 55.8 Å². The van der Waals surface area contributed by atoms with Gasteiger partial charge in [0.05, 0.1) is 0 Å². The molecule has 92 valence electrons. The van der Waals surface area contributed by atoms with E-state index < -0.39 is 0 Å². The van der Waals surface area contributed by atoms with Crippen LogP contribution in [-0.4, -0.2) is 29.1 Å². The second kappa shape index (κ2) is 4.69. The number of hydrogen-bond donors (Lipinski definition) is 1. The quantitative estimate of drug-likeness (QED) is 0.802. The SMILES string of the molecule is Oc1cccc([C@H]2CC[C@H]3CCCCN3C2)c1. The van der Waals surface area contributed by atoms with Crippen molar-refractivity contribution in [3.8, 4) is 5.75 Å². The van der Waals surface area contributed by atoms with Gasteiger partial charge in [-0.15, -0.1) is 0 Å². The van der Waals surface area contributed by atoms with E-state index in [9.17, 15) is 5.11 Å². The van der Waals surface area contributed by atoms with E-state index in [-0.39, 0.29) is 0 Å². The summed E-state index contributed by atoms with van der Waals surface area (Å²) in [5, 5.41) is 9.56. The predicted molar refractivity (Wildman–Crippen MR) is 69.3 cm³/mol. The minimum Gasteiger partial charge on any atom is -0.508 e. The van der Waals surface area contributed by atoms with Gasteiger partial charge in [0, 0.05) is 12.6 Å². The van der Waals surface area contributed by atoms with E-state index in [0.29, 0.717) is 11.7 Å². The highest BCUT2D eigenvalue weighted by molar-refractivity contribution is 5.30. The van der Waals surface area contributed by atoms with E-state index >= 15 is 0 Å². The number of hydrogen-bond acceptors (Lipinski definition) is 2. The van der Waals surface area contributed by atoms with Crippen LogP contribution in [0.5, 0.6) is 5.75 Å². The van der Waals surface area contributed by atoms with Gasteiger partial charge in [-0.3, -0.25) is 4.90 Å². The Morgan fingerprint density at radius 1 is 1.12 bits per heavy atom. The molecule has 2 heterocycles. The molecule has 0 saturated carbocycles. The molecule has 2 aliphatic rings. The Labute approximate surface area is 103 Å². The van der Waals surface area contributed by atoms with Crippen molar-refractivity contribution in [3.63, 3.8) is 0 Å². The Bertz CT molecular complexity index is 390. The molecule has 0 aromatic heterocycles. The molecule has 0 spiro atoms. The third-order valence-electron chi connectivity index (χ3n) is 4.39. The minimum atomic E-state index is 0.406. The Kier molecular flexibility index (Phi) is 3.06. The first kappa shape index (κ1) is 11.1. The lowest BCUT2D eigenvalue weighted by molar-refractivity contribution is 0.0959. The monoisotopic (exact) mass is 231 g/mol. The summed E-state index contributed by atoms with van der Waals surface area (Å²) in [6.45, 7) is 2.47. The van der Waals surface area contributed by atoms with E-state index in [2.05, 4.69) is 11.0 Å². The lowest BCUT2D eigenvalue weighted by Gasteiger charge is -2.42. The largest absolute Gasteiger partial charge is 0.508 e. The topological polar surface area (TPSA) is 23.5 Å². The number of rotatable bonds is 1. The van der Waals surface area contributed by atoms with Crippen LogP contribution in [0.1, 0.15) is 43.6 Å². The van der Waals surface area contributed by atoms with Crippen molar-refractivity contribution in [1.29, 1.82) is 0 Å². The van der Waals surface area contributed by atoms with E-state index in [0.717, 1.165) is 6.04 Å². The van der Waals surface area contributed by atoms with Crippen LogP contribution in [0.3, 0.4) is 0 Å². The van der Waals surface area contributed by atoms with Crippen LogP contribution in [0.4, 0.5) is 0 Å². The number of aromatic hydroxyl groups is 1. The average molecular weight is 231 g/mol. The molecule has 0 radical (unpaired) electrons. The van der Waals surface area contributed by atoms with Crippen LogP contribution in [0.15, 0.2) is 24.3 Å². The molecule has 0 aliphatic carbocycles. The maximum absolute atomic E-state index is 9.56. The van der Waals surface area contributed by atoms with E-state index in [1.54, 1.807) is 6.07 Å². The van der Waals surface area contributed by atoms with E-state index in [4.69, 9.17) is 0 Å². The standard InChI is InChI=1S/C15H21NO/c17-15-6-3-4-12(10-15)13-7-8-14-5-1-2-9-16(14)11-13/h3-4,6,10,13-14,17H,1-2,5,7-9,11H2/t13-,14+/m0/s1. The maximum Gasteiger partial charge on any atom is 0.115 e. The minimum absolute atomic E-state index is 0.406. The molecule has 2 heteroatoms. The highest BCUT2D eigenvalue weighted by Gasteiger charge is 2.30. The zero-order valence-corrected chi connectivity index (χ0v) is 10.3. The Balaban J connectivity index is 1.73. The van der Waals surface area contributed by atoms with Gasteiger partial charge in [0.1, 0.15) is 5.75 Å². The van der Waals surface area contributed by atoms with Crippen LogP contribution in [0, 0.1) is 0 Å². The second-order valence-electron chi connectivity index (χ2n) is 5.51. The highest BCUT2D eigenvalue weighted by atomic mass is 16.3. The van der Waals surface area contributed by atoms with Gasteiger partial charge in [-0.25, -0.2) is 0 Å². The van der Waals surface area contributed by atoms with Crippen LogP contribution in [0.2, 0.25) is 0 Å². The molecule has 2 atom stereocenters. The molecule has 1 aromatic carbocycles. The van der Waals surface area contributed by atoms with Crippen LogP contribution in [0.25, 0.3) is 0 Å². The molecule has 2 fully saturated rings. The summed E-state index contributed by atoms with van der Waals surface area (Å²) in [6.07, 6.45) is 6.79. The van der Waals surface area contributed by atoms with Gasteiger partial charge in [-0.1, -0.05) is 18.6 Å². The van der Waals surface area contributed by atoms with E-state index in [1.807, 2.05) is 12.1 Å². The molecule has 1 aromatic rings. The summed E-state index contributed by atoms with van der Waals surface area (Å²) in [5.74, 6) is 1.03. The first-order chi connectivity index (χ1) is 8.33. The fourth-order valence-electron chi connectivity index (χ4n) is 3.45. The summed E-state index contributed by atoms with van der Waals surface area (Å²) >= 11 is 0. The van der Waals surface area contributed by atoms with Crippen LogP contribution >= 0.6 is 0 Å². The van der Waals surface area contributed by atoms with E-state index in [1.165, 1.54) is 50.8 Å². The summed E-state index contributed by atoms with van der Waals surface area (Å²) in [5.41, 5.74) is 1.31. The average Bonchev–Trinajstić information content (AvgIpc) is 2.38. The number of phenolic OH excluding ortho intramolecular Hbond substituents is 1. The summed E-state index contributed by atoms with van der Waals surface area (Å²) in [7, 11) is 0. The third-order valence-corrected chi connectivity index (χ3v) is 4.39. The fourth-order valence-corrected chi connectivity index (χ4v) is 3.45. The van der Waals surface area contributed by atoms with Crippen LogP contribution < -0.4 is 0 Å². The van der Waals surface area contributed by atoms with Gasteiger partial charge < -0.3 is 5.11 Å². The maximum atomic E-state index is 9.56. The number of phenols is 1. The second-order valence-corrected chi connectivity index (χ2v) is 5.51. The molecule has 0 amide bonds. The first-order valence-corrected chi connectivity index (χ1v) is 6.86. The Hall–Kier alpha value is -1.02. The summed E-state index contributed by atoms with van der Waals surface area (Å²) in [6, 6.07) is 8.67. The Morgan fingerprint density at radius 2 is 2.06 bits per heavy atom. The molecule has 2 nitrogen and oxygen atoms in total. The van der Waals surface area contributed by atoms with Crippen molar-refractivity contribution in [1.82, 2.24) is 4.90 Å². The molecule has 2 saturated heterocycles. The van der Waals surface area contributed by atoms with Crippen molar-refractivity contribution < 1.29 is 5.11 Å². The smallest absolute Gasteiger partial charge is 0.115 e. The zero-order chi connectivity index (χ0) is 11.7. The molecule has 0 bridgehead atoms. The first-order valence-electron chi connectivity index (χ1n) is 6.86. The molecule has 0 unspecified atom stereocenters.